The Kier molecular flexibility index (Phi) is 4.86. The number of nitrogens with zero attached hydrogens (tertiary/aromatic N) is 2. The Morgan fingerprint density at radius 1 is 1.50 bits per heavy atom. The molecule has 0 fully saturated rings. The van der Waals surface area contributed by atoms with Gasteiger partial charge < -0.3 is 18.7 Å². The summed E-state index contributed by atoms with van der Waals surface area (Å²) in [7, 11) is 3.11. The van der Waals surface area contributed by atoms with Crippen LogP contribution in [0.2, 0.25) is 0 Å². The molecule has 8 heteroatoms. The molecule has 0 bridgehead atoms. The molecule has 8 nitrogen and oxygen atoms in total. The average Bonchev–Trinajstić information content (AvgIpc) is 3.06. The third kappa shape index (κ3) is 2.90. The largest absolute Gasteiger partial charge is 0.496 e. The molecule has 2 aromatic heterocycles. The van der Waals surface area contributed by atoms with E-state index in [-0.39, 0.29) is 0 Å². The van der Waals surface area contributed by atoms with Crippen LogP contribution in [0.1, 0.15) is 37.9 Å². The van der Waals surface area contributed by atoms with Crippen molar-refractivity contribution in [1.82, 2.24) is 4.98 Å². The predicted octanol–water partition coefficient (Wildman–Crippen LogP) is 3.56. The third-order valence-electron chi connectivity index (χ3n) is 4.84. The summed E-state index contributed by atoms with van der Waals surface area (Å²) in [6.07, 6.45) is 4.07. The van der Waals surface area contributed by atoms with Crippen molar-refractivity contribution in [3.63, 3.8) is 0 Å². The van der Waals surface area contributed by atoms with Gasteiger partial charge in [-0.05, 0) is 32.8 Å². The number of ether oxygens (including phenoxy) is 2. The standard InChI is InChI=1S/C18H22N2O6/c1-11(2)7-9-18(24-4)14(26-20(21)22)6-5-12-15(23-3)13-8-10-25-17(13)19-16(12)18/h7-8,10,14H,5-6,9H2,1-4H3. The van der Waals surface area contributed by atoms with Crippen LogP contribution < -0.4 is 4.74 Å². The number of rotatable bonds is 6. The van der Waals surface area contributed by atoms with E-state index in [4.69, 9.17) is 18.7 Å². The molecule has 26 heavy (non-hydrogen) atoms. The normalized spacial score (nSPS) is 21.9. The van der Waals surface area contributed by atoms with Crippen LogP contribution >= 0.6 is 0 Å². The number of fused-ring (bicyclic) bond motifs is 2. The first kappa shape index (κ1) is 18.2. The molecule has 2 heterocycles. The molecule has 2 atom stereocenters. The maximum absolute atomic E-state index is 11.1. The van der Waals surface area contributed by atoms with E-state index >= 15 is 0 Å². The molecule has 0 aliphatic heterocycles. The van der Waals surface area contributed by atoms with Crippen molar-refractivity contribution in [1.29, 1.82) is 0 Å². The molecular weight excluding hydrogens is 340 g/mol. The van der Waals surface area contributed by atoms with E-state index in [1.54, 1.807) is 19.4 Å². The van der Waals surface area contributed by atoms with E-state index in [1.807, 2.05) is 19.9 Å². The van der Waals surface area contributed by atoms with Crippen LogP contribution in [0.15, 0.2) is 28.4 Å². The van der Waals surface area contributed by atoms with Gasteiger partial charge in [0.05, 0.1) is 24.5 Å². The molecule has 0 spiro atoms. The lowest BCUT2D eigenvalue weighted by molar-refractivity contribution is -0.774. The lowest BCUT2D eigenvalue weighted by Gasteiger charge is -2.41. The van der Waals surface area contributed by atoms with Gasteiger partial charge in [0.15, 0.2) is 0 Å². The molecule has 2 unspecified atom stereocenters. The second kappa shape index (κ2) is 6.95. The first-order valence-corrected chi connectivity index (χ1v) is 8.37. The molecule has 0 radical (unpaired) electrons. The second-order valence-electron chi connectivity index (χ2n) is 6.55. The topological polar surface area (TPSA) is 96.9 Å². The molecule has 0 N–H and O–H groups in total. The maximum Gasteiger partial charge on any atom is 0.294 e. The van der Waals surface area contributed by atoms with Gasteiger partial charge >= 0.3 is 0 Å². The van der Waals surface area contributed by atoms with Gasteiger partial charge in [-0.1, -0.05) is 11.6 Å². The summed E-state index contributed by atoms with van der Waals surface area (Å²) in [5, 5.41) is 11.1. The molecule has 140 valence electrons. The van der Waals surface area contributed by atoms with E-state index in [1.165, 1.54) is 7.11 Å². The fourth-order valence-electron chi connectivity index (χ4n) is 3.61. The molecule has 0 amide bonds. The zero-order valence-electron chi connectivity index (χ0n) is 15.3. The smallest absolute Gasteiger partial charge is 0.294 e. The van der Waals surface area contributed by atoms with Gasteiger partial charge in [-0.15, -0.1) is 10.1 Å². The summed E-state index contributed by atoms with van der Waals surface area (Å²) < 4.78 is 16.9. The van der Waals surface area contributed by atoms with Crippen LogP contribution in [0.3, 0.4) is 0 Å². The van der Waals surface area contributed by atoms with Crippen LogP contribution in [0.4, 0.5) is 0 Å². The Hall–Kier alpha value is -2.61. The number of hydrogen-bond donors (Lipinski definition) is 0. The summed E-state index contributed by atoms with van der Waals surface area (Å²) in [5.41, 5.74) is 1.80. The molecule has 0 saturated heterocycles. The fraction of sp³-hybridized carbons (Fsp3) is 0.500. The molecule has 2 aromatic rings. The lowest BCUT2D eigenvalue weighted by atomic mass is 9.77. The Labute approximate surface area is 150 Å². The minimum Gasteiger partial charge on any atom is -0.496 e. The Balaban J connectivity index is 2.25. The van der Waals surface area contributed by atoms with E-state index in [9.17, 15) is 10.1 Å². The van der Waals surface area contributed by atoms with Gasteiger partial charge in [0.2, 0.25) is 5.71 Å². The number of aromatic nitrogens is 1. The zero-order valence-corrected chi connectivity index (χ0v) is 15.3. The highest BCUT2D eigenvalue weighted by molar-refractivity contribution is 5.83. The minimum absolute atomic E-state index is 0.389. The molecule has 1 aliphatic carbocycles. The molecule has 0 aromatic carbocycles. The van der Waals surface area contributed by atoms with Gasteiger partial charge in [-0.2, -0.15) is 0 Å². The van der Waals surface area contributed by atoms with Crippen LogP contribution in [0.5, 0.6) is 5.75 Å². The van der Waals surface area contributed by atoms with E-state index in [2.05, 4.69) is 4.98 Å². The van der Waals surface area contributed by atoms with Gasteiger partial charge in [0.1, 0.15) is 17.5 Å². The zero-order chi connectivity index (χ0) is 18.9. The van der Waals surface area contributed by atoms with Crippen LogP contribution in [0, 0.1) is 10.1 Å². The predicted molar refractivity (Wildman–Crippen MR) is 93.5 cm³/mol. The second-order valence-corrected chi connectivity index (χ2v) is 6.55. The van der Waals surface area contributed by atoms with Gasteiger partial charge in [0.25, 0.3) is 5.09 Å². The third-order valence-corrected chi connectivity index (χ3v) is 4.84. The quantitative estimate of drug-likeness (QED) is 0.440. The number of hydrogen-bond acceptors (Lipinski definition) is 7. The maximum atomic E-state index is 11.1. The van der Waals surface area contributed by atoms with Crippen LogP contribution in [-0.4, -0.2) is 30.4 Å². The SMILES string of the molecule is COc1c2c(nc3occc13)C(CC=C(C)C)(OC)C(O[N+](=O)[O-])CC2. The highest BCUT2D eigenvalue weighted by atomic mass is 17.0. The summed E-state index contributed by atoms with van der Waals surface area (Å²) in [6, 6.07) is 1.80. The first-order valence-electron chi connectivity index (χ1n) is 8.37. The lowest BCUT2D eigenvalue weighted by Crippen LogP contribution is -2.48. The summed E-state index contributed by atoms with van der Waals surface area (Å²) in [4.78, 5) is 20.7. The van der Waals surface area contributed by atoms with Gasteiger partial charge in [0, 0.05) is 19.1 Å². The van der Waals surface area contributed by atoms with Crippen molar-refractivity contribution in [3.8, 4) is 5.75 Å². The van der Waals surface area contributed by atoms with Crippen molar-refractivity contribution in [3.05, 3.63) is 45.4 Å². The average molecular weight is 362 g/mol. The highest BCUT2D eigenvalue weighted by Crippen LogP contribution is 2.46. The van der Waals surface area contributed by atoms with E-state index < -0.39 is 16.8 Å². The summed E-state index contributed by atoms with van der Waals surface area (Å²) >= 11 is 0. The number of allylic oxidation sites excluding steroid dienone is 1. The minimum atomic E-state index is -1.10. The summed E-state index contributed by atoms with van der Waals surface area (Å²) in [6.45, 7) is 3.92. The van der Waals surface area contributed by atoms with Gasteiger partial charge in [-0.25, -0.2) is 4.98 Å². The fourth-order valence-corrected chi connectivity index (χ4v) is 3.61. The van der Waals surface area contributed by atoms with Crippen molar-refractivity contribution in [2.75, 3.05) is 14.2 Å². The van der Waals surface area contributed by atoms with Crippen molar-refractivity contribution in [2.45, 2.75) is 44.8 Å². The van der Waals surface area contributed by atoms with Crippen LogP contribution in [0.25, 0.3) is 11.1 Å². The van der Waals surface area contributed by atoms with Crippen molar-refractivity contribution >= 4 is 11.1 Å². The molecular formula is C18H22N2O6. The van der Waals surface area contributed by atoms with Crippen molar-refractivity contribution in [2.24, 2.45) is 0 Å². The number of pyridine rings is 1. The molecule has 3 rings (SSSR count). The number of methoxy groups -OCH3 is 2. The monoisotopic (exact) mass is 362 g/mol. The first-order chi connectivity index (χ1) is 12.4. The van der Waals surface area contributed by atoms with E-state index in [0.29, 0.717) is 36.4 Å². The van der Waals surface area contributed by atoms with E-state index in [0.717, 1.165) is 16.5 Å². The van der Waals surface area contributed by atoms with Gasteiger partial charge in [-0.3, -0.25) is 0 Å². The Bertz CT molecular complexity index is 855. The highest BCUT2D eigenvalue weighted by Gasteiger charge is 2.49. The Morgan fingerprint density at radius 3 is 2.88 bits per heavy atom. The molecule has 0 saturated carbocycles. The molecule has 1 aliphatic rings. The van der Waals surface area contributed by atoms with Crippen molar-refractivity contribution < 1.29 is 23.8 Å². The van der Waals surface area contributed by atoms with Crippen LogP contribution in [-0.2, 0) is 21.6 Å². The summed E-state index contributed by atoms with van der Waals surface area (Å²) in [5.74, 6) is 0.664. The Morgan fingerprint density at radius 2 is 2.27 bits per heavy atom. The number of furan rings is 1.